The molecule has 2 aliphatic rings. The molecule has 1 amide bonds. The van der Waals surface area contributed by atoms with E-state index in [1.165, 1.54) is 37.1 Å². The summed E-state index contributed by atoms with van der Waals surface area (Å²) in [6.45, 7) is 4.35. The Labute approximate surface area is 194 Å². The normalized spacial score (nSPS) is 18.5. The summed E-state index contributed by atoms with van der Waals surface area (Å²) in [6.07, 6.45) is 6.36. The van der Waals surface area contributed by atoms with Gasteiger partial charge < -0.3 is 20.0 Å². The van der Waals surface area contributed by atoms with Crippen LogP contribution in [-0.2, 0) is 27.2 Å². The fraction of sp³-hybridized carbons (Fsp3) is 0.423. The maximum Gasteiger partial charge on any atom is 0.414 e. The number of carbonyl (C=O) groups excluding carboxylic acids is 1. The Balaban J connectivity index is 0.000000454. The summed E-state index contributed by atoms with van der Waals surface area (Å²) in [5.41, 5.74) is 3.92. The van der Waals surface area contributed by atoms with E-state index >= 15 is 0 Å². The molecule has 2 aromatic rings. The molecule has 7 heteroatoms. The lowest BCUT2D eigenvalue weighted by Crippen LogP contribution is -2.36. The molecule has 7 nitrogen and oxygen atoms in total. The highest BCUT2D eigenvalue weighted by atomic mass is 16.4. The van der Waals surface area contributed by atoms with Crippen LogP contribution in [-0.4, -0.2) is 59.1 Å². The van der Waals surface area contributed by atoms with Gasteiger partial charge in [-0.25, -0.2) is 9.59 Å². The monoisotopic (exact) mass is 452 g/mol. The van der Waals surface area contributed by atoms with Crippen LogP contribution in [0.1, 0.15) is 36.8 Å². The average Bonchev–Trinajstić information content (AvgIpc) is 3.26. The number of hydrogen-bond donors (Lipinski definition) is 2. The molecule has 4 rings (SSSR count). The second-order valence-electron chi connectivity index (χ2n) is 8.64. The van der Waals surface area contributed by atoms with E-state index < -0.39 is 11.9 Å². The van der Waals surface area contributed by atoms with Gasteiger partial charge in [-0.3, -0.25) is 4.79 Å². The number of aliphatic carboxylic acids is 2. The van der Waals surface area contributed by atoms with Gasteiger partial charge >= 0.3 is 11.9 Å². The summed E-state index contributed by atoms with van der Waals surface area (Å²) < 4.78 is 0. The van der Waals surface area contributed by atoms with Gasteiger partial charge in [0.2, 0.25) is 5.91 Å². The molecule has 2 aromatic carbocycles. The molecule has 33 heavy (non-hydrogen) atoms. The Hall–Kier alpha value is -3.19. The van der Waals surface area contributed by atoms with Gasteiger partial charge in [-0.05, 0) is 61.8 Å². The molecule has 176 valence electrons. The van der Waals surface area contributed by atoms with Gasteiger partial charge in [-0.15, -0.1) is 0 Å². The van der Waals surface area contributed by atoms with Gasteiger partial charge in [-0.2, -0.15) is 0 Å². The number of carbonyl (C=O) groups is 3. The third kappa shape index (κ3) is 7.43. The van der Waals surface area contributed by atoms with Crippen LogP contribution in [0.25, 0.3) is 0 Å². The zero-order valence-electron chi connectivity index (χ0n) is 18.9. The van der Waals surface area contributed by atoms with Crippen LogP contribution in [0.4, 0.5) is 5.69 Å². The minimum atomic E-state index is -1.82. The van der Waals surface area contributed by atoms with Gasteiger partial charge in [0.05, 0.1) is 0 Å². The van der Waals surface area contributed by atoms with Gasteiger partial charge in [0.1, 0.15) is 0 Å². The molecular weight excluding hydrogens is 420 g/mol. The van der Waals surface area contributed by atoms with Crippen molar-refractivity contribution in [3.05, 3.63) is 65.7 Å². The number of carboxylic acid groups (broad SMARTS) is 2. The number of benzene rings is 2. The quantitative estimate of drug-likeness (QED) is 0.652. The van der Waals surface area contributed by atoms with Crippen LogP contribution in [0, 0.1) is 5.92 Å². The average molecular weight is 453 g/mol. The van der Waals surface area contributed by atoms with Crippen molar-refractivity contribution in [2.75, 3.05) is 31.1 Å². The Kier molecular flexibility index (Phi) is 9.01. The van der Waals surface area contributed by atoms with Crippen LogP contribution >= 0.6 is 0 Å². The highest BCUT2D eigenvalue weighted by Gasteiger charge is 2.24. The smallest absolute Gasteiger partial charge is 0.414 e. The summed E-state index contributed by atoms with van der Waals surface area (Å²) in [4.78, 5) is 35.2. The predicted molar refractivity (Wildman–Crippen MR) is 126 cm³/mol. The fourth-order valence-corrected chi connectivity index (χ4v) is 4.55. The second kappa shape index (κ2) is 12.2. The van der Waals surface area contributed by atoms with Crippen molar-refractivity contribution in [3.63, 3.8) is 0 Å². The number of carboxylic acids is 2. The van der Waals surface area contributed by atoms with E-state index in [0.717, 1.165) is 44.0 Å². The lowest BCUT2D eigenvalue weighted by Gasteiger charge is -2.29. The van der Waals surface area contributed by atoms with Gasteiger partial charge in [0.15, 0.2) is 0 Å². The van der Waals surface area contributed by atoms with Gasteiger partial charge in [0, 0.05) is 31.7 Å². The summed E-state index contributed by atoms with van der Waals surface area (Å²) in [7, 11) is 0. The number of likely N-dealkylation sites (tertiary alicyclic amines) is 1. The molecule has 0 saturated carbocycles. The molecule has 1 atom stereocenters. The number of nitrogens with zero attached hydrogens (tertiary/aromatic N) is 2. The van der Waals surface area contributed by atoms with Crippen LogP contribution in [0.5, 0.6) is 0 Å². The molecule has 1 unspecified atom stereocenters. The maximum atomic E-state index is 12.3. The topological polar surface area (TPSA) is 98.1 Å². The minimum absolute atomic E-state index is 0.290. The van der Waals surface area contributed by atoms with Crippen LogP contribution in [0.3, 0.4) is 0 Å². The van der Waals surface area contributed by atoms with Gasteiger partial charge in [-0.1, -0.05) is 48.5 Å². The molecule has 2 fully saturated rings. The van der Waals surface area contributed by atoms with Crippen molar-refractivity contribution < 1.29 is 24.6 Å². The van der Waals surface area contributed by atoms with Crippen molar-refractivity contribution in [2.45, 2.75) is 38.5 Å². The number of anilines is 1. The van der Waals surface area contributed by atoms with E-state index in [0.29, 0.717) is 6.42 Å². The van der Waals surface area contributed by atoms with E-state index in [1.54, 1.807) is 0 Å². The number of rotatable bonds is 6. The van der Waals surface area contributed by atoms with Crippen molar-refractivity contribution in [1.82, 2.24) is 4.90 Å². The Morgan fingerprint density at radius 1 is 0.909 bits per heavy atom. The van der Waals surface area contributed by atoms with Crippen molar-refractivity contribution in [3.8, 4) is 0 Å². The zero-order chi connectivity index (χ0) is 23.6. The fourth-order valence-electron chi connectivity index (χ4n) is 4.55. The Bertz CT molecular complexity index is 935. The Morgan fingerprint density at radius 3 is 2.30 bits per heavy atom. The van der Waals surface area contributed by atoms with E-state index in [2.05, 4.69) is 59.5 Å². The summed E-state index contributed by atoms with van der Waals surface area (Å²) >= 11 is 0. The molecule has 2 heterocycles. The highest BCUT2D eigenvalue weighted by Crippen LogP contribution is 2.26. The molecular formula is C26H32N2O5. The van der Waals surface area contributed by atoms with Gasteiger partial charge in [0.25, 0.3) is 0 Å². The first-order valence-electron chi connectivity index (χ1n) is 11.5. The number of hydrogen-bond acceptors (Lipinski definition) is 4. The lowest BCUT2D eigenvalue weighted by atomic mass is 9.99. The van der Waals surface area contributed by atoms with Crippen molar-refractivity contribution in [1.29, 1.82) is 0 Å². The maximum absolute atomic E-state index is 12.3. The molecule has 2 aliphatic heterocycles. The first kappa shape index (κ1) is 24.5. The van der Waals surface area contributed by atoms with Crippen molar-refractivity contribution >= 4 is 23.5 Å². The van der Waals surface area contributed by atoms with E-state index in [4.69, 9.17) is 19.8 Å². The highest BCUT2D eigenvalue weighted by molar-refractivity contribution is 6.27. The lowest BCUT2D eigenvalue weighted by molar-refractivity contribution is -0.159. The van der Waals surface area contributed by atoms with Crippen LogP contribution in [0.2, 0.25) is 0 Å². The number of para-hydroxylation sites is 1. The largest absolute Gasteiger partial charge is 0.473 e. The summed E-state index contributed by atoms with van der Waals surface area (Å²) in [6, 6.07) is 19.4. The first-order valence-corrected chi connectivity index (χ1v) is 11.5. The summed E-state index contributed by atoms with van der Waals surface area (Å²) in [5.74, 6) is -2.59. The third-order valence-electron chi connectivity index (χ3n) is 6.22. The molecule has 0 aliphatic carbocycles. The molecule has 0 bridgehead atoms. The minimum Gasteiger partial charge on any atom is -0.473 e. The predicted octanol–water partition coefficient (Wildman–Crippen LogP) is 3.47. The van der Waals surface area contributed by atoms with Crippen LogP contribution in [0.15, 0.2) is 54.6 Å². The second-order valence-corrected chi connectivity index (χ2v) is 8.64. The zero-order valence-corrected chi connectivity index (χ0v) is 18.9. The molecule has 0 radical (unpaired) electrons. The van der Waals surface area contributed by atoms with E-state index in [-0.39, 0.29) is 5.91 Å². The van der Waals surface area contributed by atoms with Crippen molar-refractivity contribution in [2.24, 2.45) is 5.92 Å². The third-order valence-corrected chi connectivity index (χ3v) is 6.22. The first-order chi connectivity index (χ1) is 15.9. The summed E-state index contributed by atoms with van der Waals surface area (Å²) in [5, 5.41) is 14.8. The molecule has 0 aromatic heterocycles. The number of amides is 1. The van der Waals surface area contributed by atoms with Crippen LogP contribution < -0.4 is 4.90 Å². The Morgan fingerprint density at radius 2 is 1.61 bits per heavy atom. The van der Waals surface area contributed by atoms with E-state index in [9.17, 15) is 4.79 Å². The number of piperidine rings is 1. The standard InChI is InChI=1S/C24H30N2O.C2H2O4/c27-24-12-6-7-15-26(24)23-11-5-4-10-22(23)14-17-25-16-13-21(19-25)18-20-8-2-1-3-9-20;3-1(4)2(5)6/h1-5,8-11,21H,6-7,12-19H2;(H,3,4)(H,5,6). The SMILES string of the molecule is O=C(O)C(=O)O.O=C1CCCCN1c1ccccc1CCN1CCC(Cc2ccccc2)C1. The molecule has 2 saturated heterocycles. The molecule has 2 N–H and O–H groups in total. The molecule has 0 spiro atoms. The van der Waals surface area contributed by atoms with E-state index in [1.807, 2.05) is 4.90 Å².